The summed E-state index contributed by atoms with van der Waals surface area (Å²) in [5.74, 6) is -1.44. The molecule has 1 aromatic heterocycles. The molecule has 1 atom stereocenters. The first-order valence-electron chi connectivity index (χ1n) is 9.62. The van der Waals surface area contributed by atoms with Gasteiger partial charge in [-0.25, -0.2) is 4.39 Å². The minimum Gasteiger partial charge on any atom is -0.507 e. The van der Waals surface area contributed by atoms with Crippen LogP contribution in [0.3, 0.4) is 0 Å². The first kappa shape index (κ1) is 20.8. The molecular weight excluding hydrogens is 417 g/mol. The van der Waals surface area contributed by atoms with Gasteiger partial charge in [0, 0.05) is 17.0 Å². The summed E-state index contributed by atoms with van der Waals surface area (Å²) < 4.78 is 18.5. The van der Waals surface area contributed by atoms with Crippen molar-refractivity contribution in [1.29, 1.82) is 0 Å². The van der Waals surface area contributed by atoms with E-state index in [2.05, 4.69) is 0 Å². The van der Waals surface area contributed by atoms with Gasteiger partial charge in [0.2, 0.25) is 0 Å². The van der Waals surface area contributed by atoms with Crippen molar-refractivity contribution in [1.82, 2.24) is 4.90 Å². The molecule has 31 heavy (non-hydrogen) atoms. The highest BCUT2D eigenvalue weighted by atomic mass is 32.1. The number of methoxy groups -OCH3 is 1. The Morgan fingerprint density at radius 2 is 1.77 bits per heavy atom. The number of rotatable bonds is 5. The molecule has 0 radical (unpaired) electrons. The summed E-state index contributed by atoms with van der Waals surface area (Å²) in [5.41, 5.74) is 2.07. The van der Waals surface area contributed by atoms with Crippen LogP contribution < -0.4 is 4.74 Å². The smallest absolute Gasteiger partial charge is 0.295 e. The van der Waals surface area contributed by atoms with Gasteiger partial charge in [-0.1, -0.05) is 12.1 Å². The number of amides is 1. The first-order valence-corrected chi connectivity index (χ1v) is 10.5. The predicted molar refractivity (Wildman–Crippen MR) is 116 cm³/mol. The summed E-state index contributed by atoms with van der Waals surface area (Å²) in [6.45, 7) is 2.02. The molecule has 0 spiro atoms. The molecule has 1 aliphatic heterocycles. The first-order chi connectivity index (χ1) is 14.9. The normalized spacial score (nSPS) is 17.9. The molecule has 2 aromatic carbocycles. The molecule has 0 saturated carbocycles. The second kappa shape index (κ2) is 8.35. The number of carbonyl (C=O) groups is 2. The van der Waals surface area contributed by atoms with Gasteiger partial charge in [-0.3, -0.25) is 9.59 Å². The molecule has 5 nitrogen and oxygen atoms in total. The standard InChI is InChI=1S/C24H20FNO4S/c1-14-11-12-31-23(14)20-19(21(27)16-5-9-18(30-2)10-6-16)22(28)24(29)26(20)13-15-3-7-17(25)8-4-15/h3-12,20,27H,13H2,1-2H3/b21-19-. The molecule has 1 N–H and O–H groups in total. The van der Waals surface area contributed by atoms with Crippen molar-refractivity contribution in [3.8, 4) is 5.75 Å². The fourth-order valence-corrected chi connectivity index (χ4v) is 4.72. The maximum Gasteiger partial charge on any atom is 0.295 e. The molecule has 4 rings (SSSR count). The molecule has 1 saturated heterocycles. The zero-order valence-corrected chi connectivity index (χ0v) is 17.8. The van der Waals surface area contributed by atoms with E-state index < -0.39 is 17.7 Å². The van der Waals surface area contributed by atoms with Crippen LogP contribution in [0.2, 0.25) is 0 Å². The molecule has 2 heterocycles. The second-order valence-corrected chi connectivity index (χ2v) is 8.20. The summed E-state index contributed by atoms with van der Waals surface area (Å²) in [5, 5.41) is 12.9. The number of hydrogen-bond acceptors (Lipinski definition) is 5. The predicted octanol–water partition coefficient (Wildman–Crippen LogP) is 4.83. The second-order valence-electron chi connectivity index (χ2n) is 7.25. The number of halogens is 1. The van der Waals surface area contributed by atoms with Crippen LogP contribution in [-0.4, -0.2) is 28.8 Å². The molecule has 0 aliphatic carbocycles. The number of benzene rings is 2. The van der Waals surface area contributed by atoms with Gasteiger partial charge in [0.1, 0.15) is 23.4 Å². The Kier molecular flexibility index (Phi) is 5.61. The van der Waals surface area contributed by atoms with Crippen LogP contribution in [0.25, 0.3) is 5.76 Å². The van der Waals surface area contributed by atoms with E-state index in [0.29, 0.717) is 16.9 Å². The minimum absolute atomic E-state index is 0.0443. The van der Waals surface area contributed by atoms with Crippen molar-refractivity contribution in [2.75, 3.05) is 7.11 Å². The number of aliphatic hydroxyl groups is 1. The van der Waals surface area contributed by atoms with E-state index in [1.165, 1.54) is 35.5 Å². The van der Waals surface area contributed by atoms with E-state index in [1.807, 2.05) is 18.4 Å². The highest BCUT2D eigenvalue weighted by molar-refractivity contribution is 7.10. The number of ether oxygens (including phenoxy) is 1. The molecule has 1 aliphatic rings. The number of thiophene rings is 1. The molecule has 158 valence electrons. The summed E-state index contributed by atoms with van der Waals surface area (Å²) in [4.78, 5) is 28.2. The monoisotopic (exact) mass is 437 g/mol. The van der Waals surface area contributed by atoms with E-state index in [4.69, 9.17) is 4.74 Å². The number of aliphatic hydroxyl groups excluding tert-OH is 1. The van der Waals surface area contributed by atoms with Gasteiger partial charge in [-0.2, -0.15) is 0 Å². The number of likely N-dealkylation sites (tertiary alicyclic amines) is 1. The van der Waals surface area contributed by atoms with Gasteiger partial charge < -0.3 is 14.7 Å². The highest BCUT2D eigenvalue weighted by Crippen LogP contribution is 2.43. The fourth-order valence-electron chi connectivity index (χ4n) is 3.67. The summed E-state index contributed by atoms with van der Waals surface area (Å²) in [6.07, 6.45) is 0. The number of carbonyl (C=O) groups excluding carboxylic acids is 2. The molecular formula is C24H20FNO4S. The molecule has 7 heteroatoms. The average Bonchev–Trinajstić information content (AvgIpc) is 3.30. The Morgan fingerprint density at radius 1 is 1.10 bits per heavy atom. The van der Waals surface area contributed by atoms with Gasteiger partial charge >= 0.3 is 0 Å². The third-order valence-electron chi connectivity index (χ3n) is 5.32. The third-order valence-corrected chi connectivity index (χ3v) is 6.39. The fraction of sp³-hybridized carbons (Fsp3) is 0.167. The maximum atomic E-state index is 13.3. The Bertz CT molecular complexity index is 1170. The lowest BCUT2D eigenvalue weighted by Gasteiger charge is -2.25. The van der Waals surface area contributed by atoms with Crippen molar-refractivity contribution in [3.05, 3.63) is 92.9 Å². The number of Topliss-reactive ketones (excluding diaryl/α,β-unsaturated/α-hetero) is 1. The van der Waals surface area contributed by atoms with Gasteiger partial charge in [-0.05, 0) is 65.9 Å². The topological polar surface area (TPSA) is 66.8 Å². The van der Waals surface area contributed by atoms with Crippen molar-refractivity contribution in [3.63, 3.8) is 0 Å². The van der Waals surface area contributed by atoms with Crippen molar-refractivity contribution < 1.29 is 23.8 Å². The van der Waals surface area contributed by atoms with Crippen molar-refractivity contribution >= 4 is 28.8 Å². The van der Waals surface area contributed by atoms with Gasteiger partial charge in [0.05, 0.1) is 12.7 Å². The number of aryl methyl sites for hydroxylation is 1. The lowest BCUT2D eigenvalue weighted by molar-refractivity contribution is -0.140. The van der Waals surface area contributed by atoms with E-state index in [9.17, 15) is 19.1 Å². The quantitative estimate of drug-likeness (QED) is 0.353. The molecule has 1 fully saturated rings. The van der Waals surface area contributed by atoms with Crippen LogP contribution in [0.15, 0.2) is 65.6 Å². The maximum absolute atomic E-state index is 13.3. The Hall–Kier alpha value is -3.45. The summed E-state index contributed by atoms with van der Waals surface area (Å²) in [7, 11) is 1.54. The summed E-state index contributed by atoms with van der Waals surface area (Å²) >= 11 is 1.42. The van der Waals surface area contributed by atoms with Gasteiger partial charge in [0.25, 0.3) is 11.7 Å². The van der Waals surface area contributed by atoms with Crippen LogP contribution in [0.4, 0.5) is 4.39 Å². The zero-order valence-electron chi connectivity index (χ0n) is 17.0. The SMILES string of the molecule is COc1ccc(/C(O)=C2/C(=O)C(=O)N(Cc3ccc(F)cc3)C2c2sccc2C)cc1. The van der Waals surface area contributed by atoms with Crippen LogP contribution in [0.1, 0.15) is 27.6 Å². The lowest BCUT2D eigenvalue weighted by atomic mass is 9.98. The van der Waals surface area contributed by atoms with Crippen LogP contribution in [0.5, 0.6) is 5.75 Å². The minimum atomic E-state index is -0.742. The average molecular weight is 437 g/mol. The Balaban J connectivity index is 1.83. The molecule has 1 amide bonds. The largest absolute Gasteiger partial charge is 0.507 e. The number of nitrogens with zero attached hydrogens (tertiary/aromatic N) is 1. The third kappa shape index (κ3) is 3.84. The van der Waals surface area contributed by atoms with Gasteiger partial charge in [0.15, 0.2) is 0 Å². The Labute approximate surface area is 183 Å². The molecule has 0 bridgehead atoms. The van der Waals surface area contributed by atoms with Crippen LogP contribution >= 0.6 is 11.3 Å². The van der Waals surface area contributed by atoms with Crippen molar-refractivity contribution in [2.45, 2.75) is 19.5 Å². The van der Waals surface area contributed by atoms with E-state index >= 15 is 0 Å². The van der Waals surface area contributed by atoms with Gasteiger partial charge in [-0.15, -0.1) is 11.3 Å². The molecule has 1 unspecified atom stereocenters. The number of hydrogen-bond donors (Lipinski definition) is 1. The lowest BCUT2D eigenvalue weighted by Crippen LogP contribution is -2.29. The van der Waals surface area contributed by atoms with Crippen LogP contribution in [0, 0.1) is 12.7 Å². The van der Waals surface area contributed by atoms with E-state index in [-0.39, 0.29) is 23.7 Å². The number of ketones is 1. The van der Waals surface area contributed by atoms with Crippen molar-refractivity contribution in [2.24, 2.45) is 0 Å². The van der Waals surface area contributed by atoms with E-state index in [1.54, 1.807) is 36.4 Å². The summed E-state index contributed by atoms with van der Waals surface area (Å²) in [6, 6.07) is 13.6. The Morgan fingerprint density at radius 3 is 2.35 bits per heavy atom. The molecule has 3 aromatic rings. The zero-order chi connectivity index (χ0) is 22.1. The van der Waals surface area contributed by atoms with Crippen LogP contribution in [-0.2, 0) is 16.1 Å². The van der Waals surface area contributed by atoms with E-state index in [0.717, 1.165) is 10.4 Å². The highest BCUT2D eigenvalue weighted by Gasteiger charge is 2.47.